The molecule has 0 fully saturated rings. The number of rotatable bonds is 5. The first kappa shape index (κ1) is 9.89. The highest BCUT2D eigenvalue weighted by molar-refractivity contribution is 5.65. The van der Waals surface area contributed by atoms with Gasteiger partial charge in [-0.25, -0.2) is 0 Å². The summed E-state index contributed by atoms with van der Waals surface area (Å²) in [6.45, 7) is 2.10. The van der Waals surface area contributed by atoms with E-state index in [1.807, 2.05) is 12.2 Å². The Labute approximate surface area is 68.1 Å². The zero-order valence-electron chi connectivity index (χ0n) is 6.86. The van der Waals surface area contributed by atoms with Crippen LogP contribution in [0.15, 0.2) is 36.5 Å². The minimum atomic E-state index is 0.770. The first-order valence-corrected chi connectivity index (χ1v) is 3.83. The van der Waals surface area contributed by atoms with Gasteiger partial charge in [0.1, 0.15) is 6.29 Å². The lowest BCUT2D eigenvalue weighted by atomic mass is 10.3. The van der Waals surface area contributed by atoms with Crippen LogP contribution in [0.25, 0.3) is 0 Å². The highest BCUT2D eigenvalue weighted by Crippen LogP contribution is 1.88. The first-order valence-electron chi connectivity index (χ1n) is 3.83. The van der Waals surface area contributed by atoms with Gasteiger partial charge >= 0.3 is 0 Å². The highest BCUT2D eigenvalue weighted by atomic mass is 16.1. The second-order valence-electron chi connectivity index (χ2n) is 2.06. The van der Waals surface area contributed by atoms with Crippen molar-refractivity contribution in [2.75, 3.05) is 0 Å². The molecule has 0 aromatic carbocycles. The molecule has 0 rings (SSSR count). The Morgan fingerprint density at radius 3 is 2.45 bits per heavy atom. The zero-order valence-corrected chi connectivity index (χ0v) is 6.86. The summed E-state index contributed by atoms with van der Waals surface area (Å²) >= 11 is 0. The van der Waals surface area contributed by atoms with E-state index < -0.39 is 0 Å². The molecule has 0 aromatic heterocycles. The highest BCUT2D eigenvalue weighted by Gasteiger charge is 1.68. The van der Waals surface area contributed by atoms with Gasteiger partial charge in [-0.15, -0.1) is 0 Å². The molecule has 0 N–H and O–H groups in total. The van der Waals surface area contributed by atoms with Crippen molar-refractivity contribution in [3.8, 4) is 0 Å². The van der Waals surface area contributed by atoms with E-state index in [1.54, 1.807) is 6.08 Å². The summed E-state index contributed by atoms with van der Waals surface area (Å²) in [4.78, 5) is 9.81. The van der Waals surface area contributed by atoms with Crippen molar-refractivity contribution < 1.29 is 4.79 Å². The van der Waals surface area contributed by atoms with E-state index in [1.165, 1.54) is 6.08 Å². The summed E-state index contributed by atoms with van der Waals surface area (Å²) in [5.74, 6) is 0. The van der Waals surface area contributed by atoms with Crippen LogP contribution in [0.2, 0.25) is 0 Å². The third kappa shape index (κ3) is 8.89. The standard InChI is InChI=1S/C10H14O/c1-2-3-4-5-6-7-8-9-10-11/h3-4,6-10H,2,5H2,1H3/b4-3+,7-6+,9-8+. The van der Waals surface area contributed by atoms with E-state index in [9.17, 15) is 4.79 Å². The monoisotopic (exact) mass is 150 g/mol. The van der Waals surface area contributed by atoms with Gasteiger partial charge in [-0.1, -0.05) is 37.3 Å². The van der Waals surface area contributed by atoms with E-state index >= 15 is 0 Å². The Morgan fingerprint density at radius 1 is 1.00 bits per heavy atom. The molecule has 0 aliphatic heterocycles. The average Bonchev–Trinajstić information content (AvgIpc) is 2.03. The fourth-order valence-corrected chi connectivity index (χ4v) is 0.608. The van der Waals surface area contributed by atoms with Crippen molar-refractivity contribution in [2.24, 2.45) is 0 Å². The van der Waals surface area contributed by atoms with Gasteiger partial charge in [-0.2, -0.15) is 0 Å². The van der Waals surface area contributed by atoms with Gasteiger partial charge in [-0.05, 0) is 18.9 Å². The van der Waals surface area contributed by atoms with E-state index in [0.717, 1.165) is 19.1 Å². The predicted molar refractivity (Wildman–Crippen MR) is 48.4 cm³/mol. The Balaban J connectivity index is 3.36. The summed E-state index contributed by atoms with van der Waals surface area (Å²) in [5.41, 5.74) is 0. The third-order valence-electron chi connectivity index (χ3n) is 1.11. The predicted octanol–water partition coefficient (Wildman–Crippen LogP) is 2.65. The van der Waals surface area contributed by atoms with Gasteiger partial charge in [0.05, 0.1) is 0 Å². The third-order valence-corrected chi connectivity index (χ3v) is 1.11. The van der Waals surface area contributed by atoms with E-state index in [-0.39, 0.29) is 0 Å². The topological polar surface area (TPSA) is 17.1 Å². The fourth-order valence-electron chi connectivity index (χ4n) is 0.608. The van der Waals surface area contributed by atoms with Crippen molar-refractivity contribution in [1.29, 1.82) is 0 Å². The molecule has 0 heterocycles. The van der Waals surface area contributed by atoms with Crippen molar-refractivity contribution in [2.45, 2.75) is 19.8 Å². The van der Waals surface area contributed by atoms with Gasteiger partial charge in [0, 0.05) is 0 Å². The van der Waals surface area contributed by atoms with E-state index in [4.69, 9.17) is 0 Å². The van der Waals surface area contributed by atoms with E-state index in [2.05, 4.69) is 19.1 Å². The van der Waals surface area contributed by atoms with Gasteiger partial charge in [-0.3, -0.25) is 4.79 Å². The molecule has 0 amide bonds. The van der Waals surface area contributed by atoms with Crippen LogP contribution in [-0.4, -0.2) is 6.29 Å². The Morgan fingerprint density at radius 2 is 1.82 bits per heavy atom. The molecular weight excluding hydrogens is 136 g/mol. The van der Waals surface area contributed by atoms with Gasteiger partial charge in [0.25, 0.3) is 0 Å². The molecule has 0 atom stereocenters. The molecule has 0 spiro atoms. The van der Waals surface area contributed by atoms with Crippen molar-refractivity contribution in [1.82, 2.24) is 0 Å². The molecule has 60 valence electrons. The Hall–Kier alpha value is -1.11. The maximum atomic E-state index is 9.81. The Kier molecular flexibility index (Phi) is 7.99. The molecule has 1 heteroatoms. The maximum absolute atomic E-state index is 9.81. The summed E-state index contributed by atoms with van der Waals surface area (Å²) in [6, 6.07) is 0. The molecule has 0 aliphatic carbocycles. The second kappa shape index (κ2) is 8.89. The van der Waals surface area contributed by atoms with Crippen LogP contribution in [0.1, 0.15) is 19.8 Å². The van der Waals surface area contributed by atoms with E-state index in [0.29, 0.717) is 0 Å². The average molecular weight is 150 g/mol. The lowest BCUT2D eigenvalue weighted by Gasteiger charge is -1.78. The molecule has 0 unspecified atom stereocenters. The SMILES string of the molecule is CC/C=C/C/C=C/C=C/C=O. The summed E-state index contributed by atoms with van der Waals surface area (Å²) in [7, 11) is 0. The van der Waals surface area contributed by atoms with Gasteiger partial charge in [0.15, 0.2) is 0 Å². The smallest absolute Gasteiger partial charge is 0.142 e. The minimum Gasteiger partial charge on any atom is -0.299 e. The molecular formula is C10H14O. The lowest BCUT2D eigenvalue weighted by Crippen LogP contribution is -1.59. The van der Waals surface area contributed by atoms with Crippen LogP contribution < -0.4 is 0 Å². The van der Waals surface area contributed by atoms with Crippen LogP contribution in [0, 0.1) is 0 Å². The van der Waals surface area contributed by atoms with Crippen LogP contribution in [-0.2, 0) is 4.79 Å². The second-order valence-corrected chi connectivity index (χ2v) is 2.06. The molecule has 0 radical (unpaired) electrons. The van der Waals surface area contributed by atoms with Crippen LogP contribution in [0.5, 0.6) is 0 Å². The molecule has 1 nitrogen and oxygen atoms in total. The summed E-state index contributed by atoms with van der Waals surface area (Å²) in [6.07, 6.45) is 14.1. The normalized spacial score (nSPS) is 12.1. The number of allylic oxidation sites excluding steroid dienone is 6. The number of hydrogen-bond donors (Lipinski definition) is 0. The van der Waals surface area contributed by atoms with Crippen molar-refractivity contribution in [3.63, 3.8) is 0 Å². The molecule has 11 heavy (non-hydrogen) atoms. The number of hydrogen-bond acceptors (Lipinski definition) is 1. The Bertz CT molecular complexity index is 164. The molecule has 0 aromatic rings. The fraction of sp³-hybridized carbons (Fsp3) is 0.300. The van der Waals surface area contributed by atoms with Crippen LogP contribution in [0.3, 0.4) is 0 Å². The number of carbonyl (C=O) groups excluding carboxylic acids is 1. The number of carbonyl (C=O) groups is 1. The first-order chi connectivity index (χ1) is 5.41. The molecule has 0 bridgehead atoms. The molecule has 0 aliphatic rings. The minimum absolute atomic E-state index is 0.770. The largest absolute Gasteiger partial charge is 0.299 e. The maximum Gasteiger partial charge on any atom is 0.142 e. The van der Waals surface area contributed by atoms with Crippen molar-refractivity contribution >= 4 is 6.29 Å². The molecule has 0 saturated heterocycles. The van der Waals surface area contributed by atoms with Crippen molar-refractivity contribution in [3.05, 3.63) is 36.5 Å². The summed E-state index contributed by atoms with van der Waals surface area (Å²) < 4.78 is 0. The summed E-state index contributed by atoms with van der Waals surface area (Å²) in [5, 5.41) is 0. The van der Waals surface area contributed by atoms with Gasteiger partial charge in [0.2, 0.25) is 0 Å². The molecule has 0 saturated carbocycles. The quantitative estimate of drug-likeness (QED) is 0.255. The van der Waals surface area contributed by atoms with Gasteiger partial charge < -0.3 is 0 Å². The number of aldehydes is 1. The van der Waals surface area contributed by atoms with Crippen LogP contribution in [0.4, 0.5) is 0 Å². The zero-order chi connectivity index (χ0) is 8.36. The lowest BCUT2D eigenvalue weighted by molar-refractivity contribution is -0.104. The van der Waals surface area contributed by atoms with Crippen LogP contribution >= 0.6 is 0 Å².